The summed E-state index contributed by atoms with van der Waals surface area (Å²) in [5, 5.41) is 17.2. The summed E-state index contributed by atoms with van der Waals surface area (Å²) in [6.45, 7) is 4.70. The number of thiazole rings is 1. The van der Waals surface area contributed by atoms with Crippen molar-refractivity contribution >= 4 is 34.5 Å². The Kier molecular flexibility index (Phi) is 6.62. The number of carboxylic acid groups (broad SMARTS) is 1. The summed E-state index contributed by atoms with van der Waals surface area (Å²) in [5.41, 5.74) is 0.129. The molecule has 3 aromatic rings. The molecule has 37 heavy (non-hydrogen) atoms. The average molecular weight is 536 g/mol. The first-order valence-electron chi connectivity index (χ1n) is 11.7. The lowest BCUT2D eigenvalue weighted by atomic mass is 9.83. The van der Waals surface area contributed by atoms with E-state index in [2.05, 4.69) is 15.3 Å². The number of amides is 1. The minimum atomic E-state index is -2.98. The monoisotopic (exact) mass is 535 g/mol. The summed E-state index contributed by atoms with van der Waals surface area (Å²) in [6.07, 6.45) is -3.83. The maximum Gasteiger partial charge on any atom is 0.332 e. The summed E-state index contributed by atoms with van der Waals surface area (Å²) in [6, 6.07) is 1.84. The van der Waals surface area contributed by atoms with Gasteiger partial charge in [-0.05, 0) is 33.3 Å². The maximum absolute atomic E-state index is 14.2. The third-order valence-electron chi connectivity index (χ3n) is 6.29. The molecule has 0 aliphatic carbocycles. The van der Waals surface area contributed by atoms with Gasteiger partial charge >= 0.3 is 5.97 Å². The van der Waals surface area contributed by atoms with Crippen molar-refractivity contribution in [2.24, 2.45) is 0 Å². The van der Waals surface area contributed by atoms with Crippen molar-refractivity contribution in [1.29, 1.82) is 0 Å². The van der Waals surface area contributed by atoms with E-state index >= 15 is 0 Å². The highest BCUT2D eigenvalue weighted by molar-refractivity contribution is 7.13. The lowest BCUT2D eigenvalue weighted by molar-refractivity contribution is -0.281. The van der Waals surface area contributed by atoms with E-state index in [9.17, 15) is 23.5 Å². The van der Waals surface area contributed by atoms with Crippen LogP contribution in [-0.4, -0.2) is 64.2 Å². The van der Waals surface area contributed by atoms with Crippen molar-refractivity contribution in [3.8, 4) is 10.6 Å². The molecule has 198 valence electrons. The number of benzene rings is 1. The number of esters is 1. The highest BCUT2D eigenvalue weighted by atomic mass is 32.1. The van der Waals surface area contributed by atoms with Crippen molar-refractivity contribution in [3.63, 3.8) is 0 Å². The van der Waals surface area contributed by atoms with E-state index in [-0.39, 0.29) is 28.6 Å². The number of nitrogens with one attached hydrogen (secondary N) is 1. The molecule has 4 atom stereocenters. The number of piperidine rings is 1. The molecule has 3 aliphatic heterocycles. The SMILES string of the molecule is CC(C)(C)OC(=O)COC(c1ccc(-c2nccs2)c2oc(C3NCC4CC3N4C(=O)[O-])nc12)C(F)F. The Morgan fingerprint density at radius 3 is 2.76 bits per heavy atom. The van der Waals surface area contributed by atoms with E-state index in [0.29, 0.717) is 23.5 Å². The predicted molar refractivity (Wildman–Crippen MR) is 126 cm³/mol. The number of rotatable bonds is 7. The molecule has 0 radical (unpaired) electrons. The van der Waals surface area contributed by atoms with Crippen LogP contribution in [0.2, 0.25) is 0 Å². The van der Waals surface area contributed by atoms with Gasteiger partial charge in [0, 0.05) is 29.7 Å². The van der Waals surface area contributed by atoms with Gasteiger partial charge in [-0.1, -0.05) is 6.07 Å². The van der Waals surface area contributed by atoms with E-state index < -0.39 is 48.9 Å². The van der Waals surface area contributed by atoms with Crippen molar-refractivity contribution in [2.75, 3.05) is 13.2 Å². The van der Waals surface area contributed by atoms with E-state index in [0.717, 1.165) is 0 Å². The van der Waals surface area contributed by atoms with Gasteiger partial charge in [-0.2, -0.15) is 0 Å². The van der Waals surface area contributed by atoms with Crippen LogP contribution in [0.4, 0.5) is 13.6 Å². The zero-order valence-corrected chi connectivity index (χ0v) is 21.1. The summed E-state index contributed by atoms with van der Waals surface area (Å²) in [4.78, 5) is 33.8. The molecule has 3 aliphatic rings. The minimum Gasteiger partial charge on any atom is -0.530 e. The normalized spacial score (nSPS) is 22.2. The Bertz CT molecular complexity index is 1310. The van der Waals surface area contributed by atoms with Crippen LogP contribution in [0.3, 0.4) is 0 Å². The molecular formula is C24H25F2N4O6S-. The summed E-state index contributed by atoms with van der Waals surface area (Å²) in [7, 11) is 0. The van der Waals surface area contributed by atoms with E-state index in [1.165, 1.54) is 22.3 Å². The standard InChI is InChI=1S/C24H26F2N4O6S/c1-24(2,3)36-15(31)10-34-19(20(25)26)12-4-5-13(22-27-6-7-37-22)18-16(12)29-21(35-18)17-14-8-11(9-28-17)30(14)23(32)33/h4-7,11,14,17,19-20,28H,8-10H2,1-3H3,(H,32,33)/p-1. The lowest BCUT2D eigenvalue weighted by Crippen LogP contribution is -2.72. The van der Waals surface area contributed by atoms with Crippen molar-refractivity contribution < 1.29 is 37.4 Å². The first kappa shape index (κ1) is 25.5. The van der Waals surface area contributed by atoms with Crippen LogP contribution >= 0.6 is 11.3 Å². The first-order valence-corrected chi connectivity index (χ1v) is 12.6. The van der Waals surface area contributed by atoms with Crippen LogP contribution in [0.5, 0.6) is 0 Å². The molecule has 4 unspecified atom stereocenters. The van der Waals surface area contributed by atoms with Crippen LogP contribution in [0.25, 0.3) is 21.7 Å². The molecule has 10 nitrogen and oxygen atoms in total. The molecule has 3 saturated heterocycles. The quantitative estimate of drug-likeness (QED) is 0.454. The molecule has 6 rings (SSSR count). The number of fused-ring (bicyclic) bond motifs is 3. The number of aromatic nitrogens is 2. The second kappa shape index (κ2) is 9.62. The van der Waals surface area contributed by atoms with Gasteiger partial charge in [0.05, 0.1) is 11.6 Å². The molecule has 1 aromatic carbocycles. The number of oxazole rings is 1. The van der Waals surface area contributed by atoms with Gasteiger partial charge in [0.15, 0.2) is 5.58 Å². The number of halogens is 2. The molecule has 3 fully saturated rings. The fourth-order valence-electron chi connectivity index (χ4n) is 4.81. The average Bonchev–Trinajstić information content (AvgIpc) is 3.48. The Balaban J connectivity index is 1.53. The number of hydrogen-bond donors (Lipinski definition) is 1. The summed E-state index contributed by atoms with van der Waals surface area (Å²) in [5.74, 6) is -0.613. The largest absolute Gasteiger partial charge is 0.530 e. The predicted octanol–water partition coefficient (Wildman–Crippen LogP) is 3.05. The van der Waals surface area contributed by atoms with Gasteiger partial charge in [0.25, 0.3) is 6.43 Å². The lowest BCUT2D eigenvalue weighted by Gasteiger charge is -2.57. The number of carbonyl (C=O) groups is 2. The number of piperazine rings is 1. The Labute approximate surface area is 214 Å². The molecule has 1 N–H and O–H groups in total. The molecule has 2 bridgehead atoms. The molecule has 0 spiro atoms. The number of alkyl halides is 2. The second-order valence-electron chi connectivity index (χ2n) is 9.94. The zero-order valence-electron chi connectivity index (χ0n) is 20.3. The van der Waals surface area contributed by atoms with Crippen LogP contribution in [0.15, 0.2) is 28.1 Å². The third-order valence-corrected chi connectivity index (χ3v) is 7.10. The first-order chi connectivity index (χ1) is 17.5. The minimum absolute atomic E-state index is 0.0305. The Morgan fingerprint density at radius 1 is 1.35 bits per heavy atom. The van der Waals surface area contributed by atoms with Gasteiger partial charge in [-0.15, -0.1) is 11.3 Å². The van der Waals surface area contributed by atoms with E-state index in [1.54, 1.807) is 38.4 Å². The van der Waals surface area contributed by atoms with Crippen LogP contribution < -0.4 is 10.4 Å². The van der Waals surface area contributed by atoms with Gasteiger partial charge < -0.3 is 34.0 Å². The maximum atomic E-state index is 14.2. The topological polar surface area (TPSA) is 130 Å². The molecule has 1 amide bonds. The summed E-state index contributed by atoms with van der Waals surface area (Å²) >= 11 is 1.34. The van der Waals surface area contributed by atoms with E-state index in [4.69, 9.17) is 13.9 Å². The Morgan fingerprint density at radius 2 is 2.14 bits per heavy atom. The second-order valence-corrected chi connectivity index (χ2v) is 10.8. The molecule has 0 saturated carbocycles. The van der Waals surface area contributed by atoms with Crippen LogP contribution in [0.1, 0.15) is 50.8 Å². The number of hydrogen-bond acceptors (Lipinski definition) is 10. The molecular weight excluding hydrogens is 510 g/mol. The van der Waals surface area contributed by atoms with Gasteiger partial charge in [0.2, 0.25) is 5.89 Å². The third kappa shape index (κ3) is 4.90. The van der Waals surface area contributed by atoms with Gasteiger partial charge in [-0.25, -0.2) is 23.5 Å². The number of carbonyl (C=O) groups excluding carboxylic acids is 2. The fourth-order valence-corrected chi connectivity index (χ4v) is 5.47. The molecule has 13 heteroatoms. The van der Waals surface area contributed by atoms with Crippen molar-refractivity contribution in [1.82, 2.24) is 20.2 Å². The summed E-state index contributed by atoms with van der Waals surface area (Å²) < 4.78 is 45.0. The van der Waals surface area contributed by atoms with Gasteiger partial charge in [0.1, 0.15) is 41.0 Å². The van der Waals surface area contributed by atoms with E-state index in [1.807, 2.05) is 0 Å². The number of nitrogens with zero attached hydrogens (tertiary/aromatic N) is 3. The fraction of sp³-hybridized carbons (Fsp3) is 0.500. The van der Waals surface area contributed by atoms with Gasteiger partial charge in [-0.3, -0.25) is 0 Å². The number of ether oxygens (including phenoxy) is 2. The highest BCUT2D eigenvalue weighted by Gasteiger charge is 2.49. The van der Waals surface area contributed by atoms with Crippen LogP contribution in [0, 0.1) is 0 Å². The van der Waals surface area contributed by atoms with Crippen molar-refractivity contribution in [3.05, 3.63) is 35.2 Å². The zero-order chi connectivity index (χ0) is 26.5. The molecule has 5 heterocycles. The van der Waals surface area contributed by atoms with Crippen LogP contribution in [-0.2, 0) is 14.3 Å². The van der Waals surface area contributed by atoms with Crippen molar-refractivity contribution in [2.45, 2.75) is 63.4 Å². The smallest absolute Gasteiger partial charge is 0.332 e. The molecule has 2 aromatic heterocycles. The highest BCUT2D eigenvalue weighted by Crippen LogP contribution is 2.42. The Hall–Kier alpha value is -3.16.